The predicted octanol–water partition coefficient (Wildman–Crippen LogP) is 4.53. The van der Waals surface area contributed by atoms with Gasteiger partial charge in [0.2, 0.25) is 5.95 Å². The smallest absolute Gasteiger partial charge is 0.225 e. The molecule has 0 N–H and O–H groups in total. The summed E-state index contributed by atoms with van der Waals surface area (Å²) in [5.74, 6) is 1.35. The molecule has 0 radical (unpaired) electrons. The number of hydrogen-bond acceptors (Lipinski definition) is 6. The molecule has 0 aliphatic carbocycles. The molecule has 2 aromatic heterocycles. The van der Waals surface area contributed by atoms with E-state index in [4.69, 9.17) is 4.98 Å². The standard InChI is InChI=1S/C23H26FN5S/c1-16-4-3-8-29(13-16)23-25-11-17(12-26-23)14-28-9-7-20-21(15-28)30-22(27-20)18-5-2-6-19(24)10-18/h2,5-6,10-12,16H,3-4,7-9,13-15H2,1H3/t16-/m1/s1. The van der Waals surface area contributed by atoms with Crippen molar-refractivity contribution in [2.75, 3.05) is 24.5 Å². The van der Waals surface area contributed by atoms with E-state index in [9.17, 15) is 4.39 Å². The second-order valence-electron chi connectivity index (χ2n) is 8.44. The lowest BCUT2D eigenvalue weighted by molar-refractivity contribution is 0.246. The predicted molar refractivity (Wildman–Crippen MR) is 118 cm³/mol. The van der Waals surface area contributed by atoms with Gasteiger partial charge < -0.3 is 4.90 Å². The van der Waals surface area contributed by atoms with E-state index in [2.05, 4.69) is 26.7 Å². The van der Waals surface area contributed by atoms with Gasteiger partial charge >= 0.3 is 0 Å². The van der Waals surface area contributed by atoms with Gasteiger partial charge in [-0.1, -0.05) is 19.1 Å². The summed E-state index contributed by atoms with van der Waals surface area (Å²) < 4.78 is 13.6. The molecule has 156 valence electrons. The van der Waals surface area contributed by atoms with Crippen molar-refractivity contribution < 1.29 is 4.39 Å². The Morgan fingerprint density at radius 3 is 2.87 bits per heavy atom. The normalized spacial score (nSPS) is 19.7. The minimum Gasteiger partial charge on any atom is -0.341 e. The third-order valence-electron chi connectivity index (χ3n) is 5.92. The highest BCUT2D eigenvalue weighted by Gasteiger charge is 2.22. The summed E-state index contributed by atoms with van der Waals surface area (Å²) in [4.78, 5) is 20.0. The van der Waals surface area contributed by atoms with E-state index >= 15 is 0 Å². The fraction of sp³-hybridized carbons (Fsp3) is 0.435. The highest BCUT2D eigenvalue weighted by molar-refractivity contribution is 7.15. The van der Waals surface area contributed by atoms with Gasteiger partial charge in [0.05, 0.1) is 5.69 Å². The zero-order valence-electron chi connectivity index (χ0n) is 17.2. The Morgan fingerprint density at radius 2 is 2.07 bits per heavy atom. The number of aromatic nitrogens is 3. The summed E-state index contributed by atoms with van der Waals surface area (Å²) in [5, 5.41) is 0.907. The molecule has 30 heavy (non-hydrogen) atoms. The lowest BCUT2D eigenvalue weighted by Gasteiger charge is -2.31. The van der Waals surface area contributed by atoms with Crippen LogP contribution < -0.4 is 4.90 Å². The molecular weight excluding hydrogens is 397 g/mol. The third-order valence-corrected chi connectivity index (χ3v) is 7.05. The SMILES string of the molecule is C[C@@H]1CCCN(c2ncc(CN3CCc4nc(-c5cccc(F)c5)sc4C3)cn2)C1. The van der Waals surface area contributed by atoms with Gasteiger partial charge in [-0.3, -0.25) is 4.90 Å². The summed E-state index contributed by atoms with van der Waals surface area (Å²) >= 11 is 1.68. The van der Waals surface area contributed by atoms with E-state index in [0.717, 1.165) is 66.9 Å². The summed E-state index contributed by atoms with van der Waals surface area (Å²) in [5.41, 5.74) is 3.15. The Kier molecular flexibility index (Phi) is 5.48. The van der Waals surface area contributed by atoms with Crippen molar-refractivity contribution in [1.82, 2.24) is 19.9 Å². The molecule has 1 saturated heterocycles. The minimum absolute atomic E-state index is 0.218. The number of thiazole rings is 1. The van der Waals surface area contributed by atoms with Gasteiger partial charge in [0.15, 0.2) is 0 Å². The van der Waals surface area contributed by atoms with Crippen LogP contribution in [0, 0.1) is 11.7 Å². The number of piperidine rings is 1. The van der Waals surface area contributed by atoms with Crippen LogP contribution in [0.25, 0.3) is 10.6 Å². The Balaban J connectivity index is 1.24. The molecule has 1 atom stereocenters. The maximum absolute atomic E-state index is 13.6. The van der Waals surface area contributed by atoms with Gasteiger partial charge in [0.25, 0.3) is 0 Å². The Labute approximate surface area is 180 Å². The fourth-order valence-corrected chi connectivity index (χ4v) is 5.50. The minimum atomic E-state index is -0.218. The zero-order chi connectivity index (χ0) is 20.5. The number of nitrogens with zero attached hydrogens (tertiary/aromatic N) is 5. The highest BCUT2D eigenvalue weighted by Crippen LogP contribution is 2.32. The first-order valence-corrected chi connectivity index (χ1v) is 11.5. The largest absolute Gasteiger partial charge is 0.341 e. The van der Waals surface area contributed by atoms with Crippen molar-refractivity contribution >= 4 is 17.3 Å². The van der Waals surface area contributed by atoms with E-state index in [1.807, 2.05) is 18.5 Å². The number of hydrogen-bond donors (Lipinski definition) is 0. The molecule has 5 rings (SSSR count). The Morgan fingerprint density at radius 1 is 1.20 bits per heavy atom. The summed E-state index contributed by atoms with van der Waals surface area (Å²) in [6.45, 7) is 7.07. The number of rotatable bonds is 4. The van der Waals surface area contributed by atoms with E-state index < -0.39 is 0 Å². The fourth-order valence-electron chi connectivity index (χ4n) is 4.35. The maximum atomic E-state index is 13.6. The molecule has 0 saturated carbocycles. The van der Waals surface area contributed by atoms with Gasteiger partial charge in [-0.25, -0.2) is 19.3 Å². The van der Waals surface area contributed by atoms with Gasteiger partial charge in [-0.05, 0) is 30.9 Å². The molecule has 3 aromatic rings. The third kappa shape index (κ3) is 4.23. The van der Waals surface area contributed by atoms with Crippen molar-refractivity contribution in [1.29, 1.82) is 0 Å². The molecule has 0 unspecified atom stereocenters. The maximum Gasteiger partial charge on any atom is 0.225 e. The zero-order valence-corrected chi connectivity index (χ0v) is 18.0. The second-order valence-corrected chi connectivity index (χ2v) is 9.53. The van der Waals surface area contributed by atoms with Crippen LogP contribution in [0.15, 0.2) is 36.7 Å². The lowest BCUT2D eigenvalue weighted by Crippen LogP contribution is -2.35. The van der Waals surface area contributed by atoms with E-state index in [-0.39, 0.29) is 5.82 Å². The number of fused-ring (bicyclic) bond motifs is 1. The highest BCUT2D eigenvalue weighted by atomic mass is 32.1. The van der Waals surface area contributed by atoms with Crippen LogP contribution in [0.5, 0.6) is 0 Å². The first-order chi connectivity index (χ1) is 14.6. The van der Waals surface area contributed by atoms with Crippen molar-refractivity contribution in [2.45, 2.75) is 39.3 Å². The van der Waals surface area contributed by atoms with Gasteiger partial charge in [-0.2, -0.15) is 0 Å². The van der Waals surface area contributed by atoms with Crippen molar-refractivity contribution in [2.24, 2.45) is 5.92 Å². The molecule has 7 heteroatoms. The van der Waals surface area contributed by atoms with Gasteiger partial charge in [-0.15, -0.1) is 11.3 Å². The van der Waals surface area contributed by atoms with Crippen molar-refractivity contribution in [3.63, 3.8) is 0 Å². The summed E-state index contributed by atoms with van der Waals surface area (Å²) in [6.07, 6.45) is 7.38. The van der Waals surface area contributed by atoms with Gasteiger partial charge in [0, 0.05) is 67.5 Å². The number of benzene rings is 1. The monoisotopic (exact) mass is 423 g/mol. The van der Waals surface area contributed by atoms with Crippen LogP contribution in [0.3, 0.4) is 0 Å². The number of halogens is 1. The molecule has 4 heterocycles. The Bertz CT molecular complexity index is 1020. The van der Waals surface area contributed by atoms with E-state index in [0.29, 0.717) is 5.92 Å². The summed E-state index contributed by atoms with van der Waals surface area (Å²) in [6, 6.07) is 6.70. The second kappa shape index (κ2) is 8.40. The molecule has 0 spiro atoms. The molecule has 0 amide bonds. The van der Waals surface area contributed by atoms with Crippen molar-refractivity contribution in [3.8, 4) is 10.6 Å². The molecule has 5 nitrogen and oxygen atoms in total. The topological polar surface area (TPSA) is 45.2 Å². The van der Waals surface area contributed by atoms with Crippen LogP contribution in [-0.2, 0) is 19.5 Å². The van der Waals surface area contributed by atoms with Crippen LogP contribution >= 0.6 is 11.3 Å². The summed E-state index contributed by atoms with van der Waals surface area (Å²) in [7, 11) is 0. The van der Waals surface area contributed by atoms with Gasteiger partial charge in [0.1, 0.15) is 10.8 Å². The van der Waals surface area contributed by atoms with Crippen LogP contribution in [0.2, 0.25) is 0 Å². The lowest BCUT2D eigenvalue weighted by atomic mass is 10.0. The molecule has 1 aromatic carbocycles. The van der Waals surface area contributed by atoms with Crippen molar-refractivity contribution in [3.05, 3.63) is 58.6 Å². The average molecular weight is 424 g/mol. The first kappa shape index (κ1) is 19.6. The average Bonchev–Trinajstić information content (AvgIpc) is 3.18. The van der Waals surface area contributed by atoms with Crippen LogP contribution in [0.4, 0.5) is 10.3 Å². The van der Waals surface area contributed by atoms with E-state index in [1.165, 1.54) is 23.8 Å². The molecule has 2 aliphatic rings. The van der Waals surface area contributed by atoms with E-state index in [1.54, 1.807) is 23.5 Å². The Hall–Kier alpha value is -2.38. The molecule has 1 fully saturated rings. The number of anilines is 1. The van der Waals surface area contributed by atoms with Crippen LogP contribution in [0.1, 0.15) is 35.9 Å². The quantitative estimate of drug-likeness (QED) is 0.617. The van der Waals surface area contributed by atoms with Crippen LogP contribution in [-0.4, -0.2) is 39.5 Å². The molecule has 0 bridgehead atoms. The molecular formula is C23H26FN5S. The molecule has 2 aliphatic heterocycles. The first-order valence-electron chi connectivity index (χ1n) is 10.7.